The molecule has 3 heterocycles. The predicted octanol–water partition coefficient (Wildman–Crippen LogP) is 1.19. The number of ether oxygens (including phenoxy) is 1. The summed E-state index contributed by atoms with van der Waals surface area (Å²) in [6, 6.07) is 9.65. The Morgan fingerprint density at radius 2 is 2.04 bits per heavy atom. The molecular weight excluding hydrogens is 306 g/mol. The average Bonchev–Trinajstić information content (AvgIpc) is 2.84. The number of nitrogens with zero attached hydrogens (tertiary/aromatic N) is 2. The average molecular weight is 331 g/mol. The van der Waals surface area contributed by atoms with Crippen LogP contribution in [0.3, 0.4) is 0 Å². The third-order valence-corrected chi connectivity index (χ3v) is 4.83. The molecule has 2 bridgehead atoms. The highest BCUT2D eigenvalue weighted by atomic mass is 16.5. The number of methoxy groups -OCH3 is 1. The van der Waals surface area contributed by atoms with Crippen molar-refractivity contribution in [1.29, 1.82) is 0 Å². The lowest BCUT2D eigenvalue weighted by Gasteiger charge is -2.35. The van der Waals surface area contributed by atoms with Gasteiger partial charge in [-0.2, -0.15) is 0 Å². The van der Waals surface area contributed by atoms with Crippen LogP contribution >= 0.6 is 0 Å². The first kappa shape index (κ1) is 16.9. The topological polar surface area (TPSA) is 61.9 Å². The molecule has 1 aromatic rings. The standard InChI is InChI=1S/C18H25N3O3/c1-24-10-9-21-16-8-7-14(18(21)23)11-20(12-16)13-17(22)19-15-5-3-2-4-6-15/h2-6,14,16H,7-13H2,1H3,(H,19,22). The SMILES string of the molecule is COCCN1C(=O)C2CCC1CN(CC(=O)Nc1ccccc1)C2. The van der Waals surface area contributed by atoms with Crippen LogP contribution in [0.1, 0.15) is 12.8 Å². The van der Waals surface area contributed by atoms with E-state index >= 15 is 0 Å². The molecule has 0 radical (unpaired) electrons. The van der Waals surface area contributed by atoms with Crippen LogP contribution in [0.15, 0.2) is 30.3 Å². The zero-order valence-electron chi connectivity index (χ0n) is 14.1. The first-order valence-electron chi connectivity index (χ1n) is 8.54. The fraction of sp³-hybridized carbons (Fsp3) is 0.556. The maximum absolute atomic E-state index is 12.6. The highest BCUT2D eigenvalue weighted by molar-refractivity contribution is 5.92. The second-order valence-corrected chi connectivity index (χ2v) is 6.56. The highest BCUT2D eigenvalue weighted by Crippen LogP contribution is 2.28. The van der Waals surface area contributed by atoms with E-state index in [1.165, 1.54) is 0 Å². The number of para-hydroxylation sites is 1. The van der Waals surface area contributed by atoms with Crippen LogP contribution in [0.5, 0.6) is 0 Å². The zero-order chi connectivity index (χ0) is 16.9. The van der Waals surface area contributed by atoms with Gasteiger partial charge in [0, 0.05) is 38.5 Å². The van der Waals surface area contributed by atoms with Gasteiger partial charge in [-0.05, 0) is 25.0 Å². The van der Waals surface area contributed by atoms with Gasteiger partial charge >= 0.3 is 0 Å². The molecule has 1 N–H and O–H groups in total. The summed E-state index contributed by atoms with van der Waals surface area (Å²) >= 11 is 0. The van der Waals surface area contributed by atoms with E-state index in [1.807, 2.05) is 35.2 Å². The summed E-state index contributed by atoms with van der Waals surface area (Å²) < 4.78 is 5.13. The molecule has 0 aromatic heterocycles. The first-order chi connectivity index (χ1) is 11.7. The van der Waals surface area contributed by atoms with E-state index in [-0.39, 0.29) is 23.8 Å². The van der Waals surface area contributed by atoms with Gasteiger partial charge in [0.25, 0.3) is 0 Å². The first-order valence-corrected chi connectivity index (χ1v) is 8.54. The van der Waals surface area contributed by atoms with Gasteiger partial charge in [-0.25, -0.2) is 0 Å². The van der Waals surface area contributed by atoms with Gasteiger partial charge in [-0.3, -0.25) is 14.5 Å². The Labute approximate surface area is 142 Å². The van der Waals surface area contributed by atoms with Crippen molar-refractivity contribution in [3.63, 3.8) is 0 Å². The third-order valence-electron chi connectivity index (χ3n) is 4.83. The van der Waals surface area contributed by atoms with Crippen LogP contribution in [0.2, 0.25) is 0 Å². The van der Waals surface area contributed by atoms with Crippen LogP contribution < -0.4 is 5.32 Å². The fourth-order valence-electron chi connectivity index (χ4n) is 3.67. The highest BCUT2D eigenvalue weighted by Gasteiger charge is 2.40. The zero-order valence-corrected chi connectivity index (χ0v) is 14.1. The number of fused-ring (bicyclic) bond motifs is 4. The summed E-state index contributed by atoms with van der Waals surface area (Å²) in [7, 11) is 1.65. The number of rotatable bonds is 6. The molecule has 6 nitrogen and oxygen atoms in total. The molecule has 130 valence electrons. The van der Waals surface area contributed by atoms with Gasteiger partial charge < -0.3 is 15.0 Å². The minimum Gasteiger partial charge on any atom is -0.383 e. The molecule has 1 aromatic carbocycles. The Balaban J connectivity index is 1.60. The van der Waals surface area contributed by atoms with E-state index in [9.17, 15) is 9.59 Å². The number of nitrogens with one attached hydrogen (secondary N) is 1. The van der Waals surface area contributed by atoms with Crippen molar-refractivity contribution in [2.45, 2.75) is 18.9 Å². The van der Waals surface area contributed by atoms with Crippen LogP contribution in [0.4, 0.5) is 5.69 Å². The Hall–Kier alpha value is -1.92. The molecule has 24 heavy (non-hydrogen) atoms. The maximum atomic E-state index is 12.6. The van der Waals surface area contributed by atoms with Gasteiger partial charge in [0.05, 0.1) is 19.1 Å². The summed E-state index contributed by atoms with van der Waals surface area (Å²) in [6.45, 7) is 2.95. The quantitative estimate of drug-likeness (QED) is 0.851. The summed E-state index contributed by atoms with van der Waals surface area (Å²) in [5, 5.41) is 2.92. The largest absolute Gasteiger partial charge is 0.383 e. The number of hydrogen-bond acceptors (Lipinski definition) is 4. The molecule has 2 atom stereocenters. The van der Waals surface area contributed by atoms with Crippen molar-refractivity contribution in [2.24, 2.45) is 5.92 Å². The lowest BCUT2D eigenvalue weighted by Crippen LogP contribution is -2.49. The molecule has 2 amide bonds. The van der Waals surface area contributed by atoms with Crippen molar-refractivity contribution < 1.29 is 14.3 Å². The summed E-state index contributed by atoms with van der Waals surface area (Å²) in [5.41, 5.74) is 0.804. The van der Waals surface area contributed by atoms with E-state index in [0.717, 1.165) is 25.1 Å². The monoisotopic (exact) mass is 331 g/mol. The number of anilines is 1. The van der Waals surface area contributed by atoms with E-state index in [1.54, 1.807) is 7.11 Å². The fourth-order valence-corrected chi connectivity index (χ4v) is 3.67. The molecule has 0 spiro atoms. The smallest absolute Gasteiger partial charge is 0.238 e. The number of hydrogen-bond donors (Lipinski definition) is 1. The van der Waals surface area contributed by atoms with Crippen molar-refractivity contribution in [3.8, 4) is 0 Å². The molecule has 3 aliphatic rings. The van der Waals surface area contributed by atoms with Crippen LogP contribution in [0.25, 0.3) is 0 Å². The molecule has 3 fully saturated rings. The molecule has 2 unspecified atom stereocenters. The lowest BCUT2D eigenvalue weighted by molar-refractivity contribution is -0.140. The number of piperidine rings is 1. The Morgan fingerprint density at radius 1 is 1.25 bits per heavy atom. The summed E-state index contributed by atoms with van der Waals surface area (Å²) in [6.07, 6.45) is 1.93. The number of amides is 2. The Kier molecular flexibility index (Phi) is 5.48. The van der Waals surface area contributed by atoms with Gasteiger partial charge in [0.2, 0.25) is 11.8 Å². The van der Waals surface area contributed by atoms with Crippen molar-refractivity contribution in [1.82, 2.24) is 9.80 Å². The molecular formula is C18H25N3O3. The van der Waals surface area contributed by atoms with E-state index in [0.29, 0.717) is 26.2 Å². The minimum atomic E-state index is -0.0293. The van der Waals surface area contributed by atoms with Gasteiger partial charge in [0.1, 0.15) is 0 Å². The molecule has 0 saturated carbocycles. The third kappa shape index (κ3) is 3.94. The maximum Gasteiger partial charge on any atom is 0.238 e. The van der Waals surface area contributed by atoms with E-state index in [2.05, 4.69) is 10.2 Å². The van der Waals surface area contributed by atoms with E-state index < -0.39 is 0 Å². The lowest BCUT2D eigenvalue weighted by atomic mass is 9.94. The second kappa shape index (κ2) is 7.77. The molecule has 4 rings (SSSR count). The second-order valence-electron chi connectivity index (χ2n) is 6.56. The summed E-state index contributed by atoms with van der Waals surface area (Å²) in [5.74, 6) is 0.192. The Bertz CT molecular complexity index is 578. The van der Waals surface area contributed by atoms with Gasteiger partial charge in [0.15, 0.2) is 0 Å². The molecule has 6 heteroatoms. The van der Waals surface area contributed by atoms with Crippen molar-refractivity contribution in [2.75, 3.05) is 45.2 Å². The molecule has 3 saturated heterocycles. The number of carbonyl (C=O) groups is 2. The van der Waals surface area contributed by atoms with Gasteiger partial charge in [-0.15, -0.1) is 0 Å². The van der Waals surface area contributed by atoms with Crippen molar-refractivity contribution in [3.05, 3.63) is 30.3 Å². The summed E-state index contributed by atoms with van der Waals surface area (Å²) in [4.78, 5) is 28.9. The van der Waals surface area contributed by atoms with Crippen LogP contribution in [-0.2, 0) is 14.3 Å². The van der Waals surface area contributed by atoms with E-state index in [4.69, 9.17) is 4.74 Å². The predicted molar refractivity (Wildman–Crippen MR) is 91.6 cm³/mol. The van der Waals surface area contributed by atoms with Crippen molar-refractivity contribution >= 4 is 17.5 Å². The van der Waals surface area contributed by atoms with Crippen LogP contribution in [0, 0.1) is 5.92 Å². The number of carbonyl (C=O) groups excluding carboxylic acids is 2. The molecule has 3 aliphatic heterocycles. The molecule has 0 aliphatic carbocycles. The Morgan fingerprint density at radius 3 is 2.79 bits per heavy atom. The van der Waals surface area contributed by atoms with Crippen LogP contribution in [-0.4, -0.2) is 67.6 Å². The number of benzene rings is 1. The minimum absolute atomic E-state index is 0.00475. The normalized spacial score (nSPS) is 24.0. The van der Waals surface area contributed by atoms with Gasteiger partial charge in [-0.1, -0.05) is 18.2 Å².